The van der Waals surface area contributed by atoms with Crippen LogP contribution in [0.15, 0.2) is 54.6 Å². The van der Waals surface area contributed by atoms with Gasteiger partial charge >= 0.3 is 18.1 Å². The summed E-state index contributed by atoms with van der Waals surface area (Å²) >= 11 is 0. The molecule has 0 aliphatic heterocycles. The molecular formula is C28H27F3O6. The van der Waals surface area contributed by atoms with Gasteiger partial charge in [0.1, 0.15) is 29.3 Å². The van der Waals surface area contributed by atoms with Crippen molar-refractivity contribution in [2.45, 2.75) is 52.5 Å². The first-order valence-electron chi connectivity index (χ1n) is 11.4. The van der Waals surface area contributed by atoms with E-state index in [1.807, 2.05) is 19.1 Å². The van der Waals surface area contributed by atoms with Gasteiger partial charge in [-0.05, 0) is 68.1 Å². The number of aromatic hydroxyl groups is 1. The highest BCUT2D eigenvalue weighted by atomic mass is 19.4. The lowest BCUT2D eigenvalue weighted by Gasteiger charge is -2.22. The van der Waals surface area contributed by atoms with Crippen LogP contribution in [0.25, 0.3) is 11.1 Å². The smallest absolute Gasteiger partial charge is 0.419 e. The number of benzene rings is 3. The molecular weight excluding hydrogens is 489 g/mol. The SMILES string of the molecule is Cc1cc(-c2ccc(OCc3ccc(C(F)(F)F)c(O)c3C(=O)OC(C)(C)C)cc2)ccc1CC(=O)O. The zero-order valence-electron chi connectivity index (χ0n) is 20.8. The average molecular weight is 517 g/mol. The van der Waals surface area contributed by atoms with E-state index in [-0.39, 0.29) is 18.6 Å². The first-order valence-corrected chi connectivity index (χ1v) is 11.4. The predicted octanol–water partition coefficient (Wildman–Crippen LogP) is 6.55. The summed E-state index contributed by atoms with van der Waals surface area (Å²) in [6.07, 6.45) is -4.93. The number of carboxylic acid groups (broad SMARTS) is 1. The van der Waals surface area contributed by atoms with Crippen molar-refractivity contribution in [2.75, 3.05) is 0 Å². The number of hydrogen-bond donors (Lipinski definition) is 2. The minimum atomic E-state index is -4.86. The lowest BCUT2D eigenvalue weighted by atomic mass is 9.98. The largest absolute Gasteiger partial charge is 0.506 e. The molecule has 0 heterocycles. The van der Waals surface area contributed by atoms with Gasteiger partial charge in [-0.3, -0.25) is 4.79 Å². The molecule has 3 aromatic carbocycles. The normalized spacial score (nSPS) is 11.8. The van der Waals surface area contributed by atoms with Gasteiger partial charge in [0, 0.05) is 5.56 Å². The zero-order chi connectivity index (χ0) is 27.5. The third-order valence-electron chi connectivity index (χ3n) is 5.44. The number of phenols is 1. The lowest BCUT2D eigenvalue weighted by Crippen LogP contribution is -2.25. The van der Waals surface area contributed by atoms with Crippen LogP contribution >= 0.6 is 0 Å². The summed E-state index contributed by atoms with van der Waals surface area (Å²) in [5.74, 6) is -2.82. The van der Waals surface area contributed by atoms with E-state index in [0.29, 0.717) is 11.8 Å². The van der Waals surface area contributed by atoms with E-state index in [4.69, 9.17) is 14.6 Å². The fourth-order valence-corrected chi connectivity index (χ4v) is 3.68. The Morgan fingerprint density at radius 2 is 1.49 bits per heavy atom. The van der Waals surface area contributed by atoms with Crippen LogP contribution < -0.4 is 4.74 Å². The minimum Gasteiger partial charge on any atom is -0.506 e. The summed E-state index contributed by atoms with van der Waals surface area (Å²) in [7, 11) is 0. The molecule has 0 amide bonds. The number of alkyl halides is 3. The standard InChI is InChI=1S/C28H27F3O6/c1-16-13-19(6-5-18(16)14-23(32)33)17-7-10-21(11-8-17)36-15-20-9-12-22(28(29,30)31)25(34)24(20)26(35)37-27(2,3)4/h5-13,34H,14-15H2,1-4H3,(H,32,33). The van der Waals surface area contributed by atoms with Crippen LogP contribution in [0.5, 0.6) is 11.5 Å². The first-order chi connectivity index (χ1) is 17.2. The summed E-state index contributed by atoms with van der Waals surface area (Å²) in [6.45, 7) is 6.24. The molecule has 0 saturated heterocycles. The van der Waals surface area contributed by atoms with Crippen LogP contribution in [-0.2, 0) is 28.7 Å². The lowest BCUT2D eigenvalue weighted by molar-refractivity contribution is -0.139. The second kappa shape index (κ2) is 10.5. The molecule has 0 radical (unpaired) electrons. The molecule has 0 aliphatic carbocycles. The number of carbonyl (C=O) groups is 2. The number of aliphatic carboxylic acids is 1. The Morgan fingerprint density at radius 3 is 2.03 bits per heavy atom. The van der Waals surface area contributed by atoms with Crippen LogP contribution in [0.3, 0.4) is 0 Å². The minimum absolute atomic E-state index is 0.0356. The van der Waals surface area contributed by atoms with Gasteiger partial charge in [0.05, 0.1) is 12.0 Å². The number of aryl methyl sites for hydroxylation is 1. The van der Waals surface area contributed by atoms with E-state index >= 15 is 0 Å². The summed E-state index contributed by atoms with van der Waals surface area (Å²) in [4.78, 5) is 23.6. The van der Waals surface area contributed by atoms with Gasteiger partial charge < -0.3 is 19.7 Å². The third-order valence-corrected chi connectivity index (χ3v) is 5.44. The maximum Gasteiger partial charge on any atom is 0.419 e. The number of carbonyl (C=O) groups excluding carboxylic acids is 1. The van der Waals surface area contributed by atoms with Crippen molar-refractivity contribution < 1.29 is 42.4 Å². The number of phenolic OH excluding ortho intramolecular Hbond substituents is 1. The van der Waals surface area contributed by atoms with Crippen LogP contribution in [-0.4, -0.2) is 27.8 Å². The number of rotatable bonds is 7. The maximum absolute atomic E-state index is 13.3. The molecule has 3 aromatic rings. The van der Waals surface area contributed by atoms with E-state index in [0.717, 1.165) is 28.3 Å². The first kappa shape index (κ1) is 27.6. The van der Waals surface area contributed by atoms with Gasteiger partial charge in [-0.15, -0.1) is 0 Å². The number of esters is 1. The van der Waals surface area contributed by atoms with E-state index in [2.05, 4.69) is 0 Å². The summed E-state index contributed by atoms with van der Waals surface area (Å²) in [5.41, 5.74) is 0.388. The summed E-state index contributed by atoms with van der Waals surface area (Å²) in [5, 5.41) is 19.3. The molecule has 3 rings (SSSR count). The number of halogens is 3. The van der Waals surface area contributed by atoms with E-state index in [9.17, 15) is 27.9 Å². The van der Waals surface area contributed by atoms with Gasteiger partial charge in [0.25, 0.3) is 0 Å². The second-order valence-corrected chi connectivity index (χ2v) is 9.52. The third kappa shape index (κ3) is 7.03. The maximum atomic E-state index is 13.3. The molecule has 0 fully saturated rings. The molecule has 0 spiro atoms. The predicted molar refractivity (Wildman–Crippen MR) is 131 cm³/mol. The van der Waals surface area contributed by atoms with Crippen molar-refractivity contribution in [3.05, 3.63) is 82.4 Å². The van der Waals surface area contributed by atoms with E-state index < -0.39 is 40.6 Å². The van der Waals surface area contributed by atoms with Gasteiger partial charge in [-0.2, -0.15) is 13.2 Å². The van der Waals surface area contributed by atoms with Gasteiger partial charge in [0.15, 0.2) is 0 Å². The van der Waals surface area contributed by atoms with Gasteiger partial charge in [-0.1, -0.05) is 36.4 Å². The summed E-state index contributed by atoms with van der Waals surface area (Å²) in [6, 6.07) is 14.1. The van der Waals surface area contributed by atoms with Crippen LogP contribution in [0, 0.1) is 6.92 Å². The molecule has 0 aromatic heterocycles. The van der Waals surface area contributed by atoms with Gasteiger partial charge in [0.2, 0.25) is 0 Å². The van der Waals surface area contributed by atoms with Crippen LogP contribution in [0.1, 0.15) is 53.4 Å². The Labute approximate surface area is 212 Å². The molecule has 0 unspecified atom stereocenters. The van der Waals surface area contributed by atoms with Crippen molar-refractivity contribution in [3.8, 4) is 22.6 Å². The number of carboxylic acids is 1. The van der Waals surface area contributed by atoms with E-state index in [1.165, 1.54) is 0 Å². The molecule has 9 heteroatoms. The molecule has 0 aliphatic rings. The topological polar surface area (TPSA) is 93.1 Å². The molecule has 196 valence electrons. The van der Waals surface area contributed by atoms with Crippen LogP contribution in [0.2, 0.25) is 0 Å². The fraction of sp³-hybridized carbons (Fsp3) is 0.286. The van der Waals surface area contributed by atoms with Gasteiger partial charge in [-0.25, -0.2) is 4.79 Å². The Morgan fingerprint density at radius 1 is 0.892 bits per heavy atom. The molecule has 37 heavy (non-hydrogen) atoms. The summed E-state index contributed by atoms with van der Waals surface area (Å²) < 4.78 is 50.9. The van der Waals surface area contributed by atoms with Crippen molar-refractivity contribution in [1.82, 2.24) is 0 Å². The monoisotopic (exact) mass is 516 g/mol. The molecule has 0 atom stereocenters. The Bertz CT molecular complexity index is 1310. The second-order valence-electron chi connectivity index (χ2n) is 9.52. The average Bonchev–Trinajstić information content (AvgIpc) is 2.77. The quantitative estimate of drug-likeness (QED) is 0.346. The fourth-order valence-electron chi connectivity index (χ4n) is 3.68. The number of ether oxygens (including phenoxy) is 2. The van der Waals surface area contributed by atoms with Crippen LogP contribution in [0.4, 0.5) is 13.2 Å². The Hall–Kier alpha value is -4.01. The van der Waals surface area contributed by atoms with Crippen molar-refractivity contribution >= 4 is 11.9 Å². The highest BCUT2D eigenvalue weighted by Gasteiger charge is 2.37. The Kier molecular flexibility index (Phi) is 7.86. The van der Waals surface area contributed by atoms with Crippen molar-refractivity contribution in [2.24, 2.45) is 0 Å². The molecule has 2 N–H and O–H groups in total. The molecule has 6 nitrogen and oxygen atoms in total. The Balaban J connectivity index is 1.83. The highest BCUT2D eigenvalue weighted by Crippen LogP contribution is 2.39. The molecule has 0 saturated carbocycles. The number of hydrogen-bond acceptors (Lipinski definition) is 5. The highest BCUT2D eigenvalue weighted by molar-refractivity contribution is 5.95. The van der Waals surface area contributed by atoms with Crippen molar-refractivity contribution in [1.29, 1.82) is 0 Å². The molecule has 0 bridgehead atoms. The zero-order valence-corrected chi connectivity index (χ0v) is 20.8. The van der Waals surface area contributed by atoms with E-state index in [1.54, 1.807) is 51.1 Å². The van der Waals surface area contributed by atoms with Crippen molar-refractivity contribution in [3.63, 3.8) is 0 Å².